The van der Waals surface area contributed by atoms with Crippen LogP contribution in [0.3, 0.4) is 0 Å². The summed E-state index contributed by atoms with van der Waals surface area (Å²) in [5.74, 6) is -3.64. The van der Waals surface area contributed by atoms with Crippen LogP contribution in [-0.2, 0) is 20.9 Å². The lowest BCUT2D eigenvalue weighted by Gasteiger charge is -2.47. The number of fused-ring (bicyclic) bond motifs is 2. The van der Waals surface area contributed by atoms with Gasteiger partial charge in [0.1, 0.15) is 29.9 Å². The number of halogens is 3. The molecule has 2 aliphatic rings. The number of hydrogen-bond donors (Lipinski definition) is 3. The summed E-state index contributed by atoms with van der Waals surface area (Å²) in [6, 6.07) is 3.11. The lowest BCUT2D eigenvalue weighted by Crippen LogP contribution is -2.68. The van der Waals surface area contributed by atoms with Crippen molar-refractivity contribution in [1.82, 2.24) is 14.5 Å². The molecule has 0 aromatic carbocycles. The maximum atomic E-state index is 11.9. The molecule has 0 bridgehead atoms. The van der Waals surface area contributed by atoms with Crippen LogP contribution in [0.25, 0.3) is 5.65 Å². The van der Waals surface area contributed by atoms with E-state index >= 15 is 0 Å². The van der Waals surface area contributed by atoms with Crippen molar-refractivity contribution in [1.29, 1.82) is 0 Å². The fourth-order valence-corrected chi connectivity index (χ4v) is 4.26. The summed E-state index contributed by atoms with van der Waals surface area (Å²) in [7, 11) is 0. The number of carbonyl (C=O) groups is 3. The molecular weight excluding hydrogens is 431 g/mol. The van der Waals surface area contributed by atoms with Crippen molar-refractivity contribution in [3.8, 4) is 0 Å². The molecule has 30 heavy (non-hydrogen) atoms. The minimum absolute atomic E-state index is 0.0659. The Morgan fingerprint density at radius 1 is 1.37 bits per heavy atom. The quantitative estimate of drug-likeness (QED) is 0.436. The largest absolute Gasteiger partial charge is 0.490 e. The smallest absolute Gasteiger partial charge is 0.477 e. The maximum Gasteiger partial charge on any atom is 0.490 e. The number of imidazole rings is 1. The van der Waals surface area contributed by atoms with Crippen molar-refractivity contribution in [3.63, 3.8) is 0 Å². The van der Waals surface area contributed by atoms with Crippen molar-refractivity contribution < 1.29 is 42.3 Å². The van der Waals surface area contributed by atoms with Crippen LogP contribution in [0.2, 0.25) is 0 Å². The molecular formula is C16H15F3N5O5S+. The maximum absolute atomic E-state index is 11.9. The first kappa shape index (κ1) is 21.6. The number of β-lactam (4-membered cyclic amide) rings is 1. The van der Waals surface area contributed by atoms with Gasteiger partial charge in [0.05, 0.1) is 6.20 Å². The summed E-state index contributed by atoms with van der Waals surface area (Å²) in [5.41, 5.74) is 7.36. The average Bonchev–Trinajstić information content (AvgIpc) is 3.09. The van der Waals surface area contributed by atoms with Crippen LogP contribution in [0.4, 0.5) is 13.2 Å². The third-order valence-electron chi connectivity index (χ3n) is 4.33. The summed E-state index contributed by atoms with van der Waals surface area (Å²) < 4.78 is 35.4. The summed E-state index contributed by atoms with van der Waals surface area (Å²) in [5, 5.41) is 20.6. The van der Waals surface area contributed by atoms with E-state index < -0.39 is 24.2 Å². The summed E-state index contributed by atoms with van der Waals surface area (Å²) >= 11 is 1.50. The van der Waals surface area contributed by atoms with Gasteiger partial charge in [-0.05, 0) is 6.07 Å². The molecule has 14 heteroatoms. The molecule has 1 saturated heterocycles. The van der Waals surface area contributed by atoms with Gasteiger partial charge < -0.3 is 15.9 Å². The molecule has 0 saturated carbocycles. The van der Waals surface area contributed by atoms with Gasteiger partial charge in [0.2, 0.25) is 5.91 Å². The number of hydrogen-bond acceptors (Lipinski definition) is 6. The summed E-state index contributed by atoms with van der Waals surface area (Å²) in [6.45, 7) is 0.391. The Bertz CT molecular complexity index is 1050. The van der Waals surface area contributed by atoms with Gasteiger partial charge in [0.25, 0.3) is 0 Å². The first-order chi connectivity index (χ1) is 14.0. The number of thioether (sulfide) groups is 1. The molecule has 1 fully saturated rings. The molecule has 0 radical (unpaired) electrons. The van der Waals surface area contributed by atoms with E-state index in [1.807, 2.05) is 22.9 Å². The number of nitrogens with zero attached hydrogens (tertiary/aromatic N) is 4. The van der Waals surface area contributed by atoms with Gasteiger partial charge in [-0.25, -0.2) is 14.2 Å². The second kappa shape index (κ2) is 7.95. The minimum Gasteiger partial charge on any atom is -0.477 e. The normalized spacial score (nSPS) is 20.9. The fourth-order valence-electron chi connectivity index (χ4n) is 2.98. The average molecular weight is 446 g/mol. The highest BCUT2D eigenvalue weighted by molar-refractivity contribution is 8.00. The van der Waals surface area contributed by atoms with E-state index in [4.69, 9.17) is 15.6 Å². The lowest BCUT2D eigenvalue weighted by atomic mass is 10.0. The Hall–Kier alpha value is -3.13. The number of aliphatic carboxylic acids is 2. The second-order valence-corrected chi connectivity index (χ2v) is 7.35. The molecule has 0 unspecified atom stereocenters. The highest BCUT2D eigenvalue weighted by Gasteiger charge is 2.52. The van der Waals surface area contributed by atoms with Gasteiger partial charge in [-0.3, -0.25) is 9.69 Å². The highest BCUT2D eigenvalue weighted by atomic mass is 32.2. The van der Waals surface area contributed by atoms with Gasteiger partial charge >= 0.3 is 23.8 Å². The lowest BCUT2D eigenvalue weighted by molar-refractivity contribution is -0.662. The van der Waals surface area contributed by atoms with Crippen molar-refractivity contribution in [3.05, 3.63) is 42.0 Å². The van der Waals surface area contributed by atoms with Crippen molar-refractivity contribution in [2.75, 3.05) is 5.75 Å². The molecule has 2 atom stereocenters. The van der Waals surface area contributed by atoms with E-state index in [2.05, 4.69) is 5.10 Å². The Labute approximate surface area is 170 Å². The first-order valence-electron chi connectivity index (χ1n) is 8.30. The molecule has 4 heterocycles. The zero-order valence-electron chi connectivity index (χ0n) is 15.0. The molecule has 2 aromatic heterocycles. The van der Waals surface area contributed by atoms with E-state index in [1.165, 1.54) is 16.7 Å². The van der Waals surface area contributed by atoms with E-state index in [0.29, 0.717) is 17.9 Å². The van der Waals surface area contributed by atoms with Crippen LogP contribution in [0.1, 0.15) is 0 Å². The Balaban J connectivity index is 0.000000318. The number of carboxylic acids is 2. The van der Waals surface area contributed by atoms with Crippen molar-refractivity contribution >= 4 is 35.3 Å². The number of carboxylic acid groups (broad SMARTS) is 2. The second-order valence-electron chi connectivity index (χ2n) is 6.25. The fraction of sp³-hybridized carbons (Fsp3) is 0.312. The third kappa shape index (κ3) is 3.95. The van der Waals surface area contributed by atoms with E-state index in [9.17, 15) is 27.9 Å². The first-order valence-corrected chi connectivity index (χ1v) is 9.34. The SMILES string of the molecule is N[C@@H]1C(=O)N2C(C(=O)O)=C(C[n+]3ccn4ncccc43)CS[C@H]12.O=C(O)C(F)(F)F. The summed E-state index contributed by atoms with van der Waals surface area (Å²) in [6.07, 6.45) is 0.246. The van der Waals surface area contributed by atoms with Crippen LogP contribution in [0, 0.1) is 0 Å². The number of nitrogens with two attached hydrogens (primary N) is 1. The predicted molar refractivity (Wildman–Crippen MR) is 94.8 cm³/mol. The van der Waals surface area contributed by atoms with Crippen LogP contribution in [0.15, 0.2) is 42.0 Å². The molecule has 4 N–H and O–H groups in total. The van der Waals surface area contributed by atoms with Gasteiger partial charge in [0, 0.05) is 17.4 Å². The number of aromatic nitrogens is 3. The molecule has 160 valence electrons. The van der Waals surface area contributed by atoms with Crippen LogP contribution >= 0.6 is 11.8 Å². The minimum atomic E-state index is -5.08. The van der Waals surface area contributed by atoms with E-state index in [-0.39, 0.29) is 17.0 Å². The number of carbonyl (C=O) groups excluding carboxylic acids is 1. The third-order valence-corrected chi connectivity index (χ3v) is 5.69. The van der Waals surface area contributed by atoms with Gasteiger partial charge in [0.15, 0.2) is 6.20 Å². The number of alkyl halides is 3. The molecule has 4 rings (SSSR count). The Morgan fingerprint density at radius 3 is 2.63 bits per heavy atom. The molecule has 1 amide bonds. The van der Waals surface area contributed by atoms with Crippen LogP contribution < -0.4 is 10.3 Å². The monoisotopic (exact) mass is 446 g/mol. The molecule has 2 aromatic rings. The number of rotatable bonds is 3. The topological polar surface area (TPSA) is 142 Å². The van der Waals surface area contributed by atoms with E-state index in [0.717, 1.165) is 5.65 Å². The Kier molecular flexibility index (Phi) is 5.72. The molecule has 2 aliphatic heterocycles. The van der Waals surface area contributed by atoms with Gasteiger partial charge in [-0.1, -0.05) is 5.10 Å². The van der Waals surface area contributed by atoms with Crippen molar-refractivity contribution in [2.24, 2.45) is 5.73 Å². The van der Waals surface area contributed by atoms with Crippen molar-refractivity contribution in [2.45, 2.75) is 24.1 Å². The molecule has 10 nitrogen and oxygen atoms in total. The zero-order valence-corrected chi connectivity index (χ0v) is 15.8. The molecule has 0 aliphatic carbocycles. The molecule has 0 spiro atoms. The number of amides is 1. The Morgan fingerprint density at radius 2 is 2.03 bits per heavy atom. The standard InChI is InChI=1S/C14H13N5O3S.C2HF3O2/c15-10-12(20)19-11(14(21)22)8(7-23-13(10)19)6-17-4-5-18-9(17)2-1-3-16-18;3-2(4,5)1(6)7/h1-5,10,13H,6-7,15H2;(H,6,7)/p+1/t10-,13-;/m1./s1. The van der Waals surface area contributed by atoms with Crippen LogP contribution in [-0.4, -0.2) is 65.9 Å². The van der Waals surface area contributed by atoms with Gasteiger partial charge in [-0.2, -0.15) is 13.2 Å². The van der Waals surface area contributed by atoms with Crippen LogP contribution in [0.5, 0.6) is 0 Å². The summed E-state index contributed by atoms with van der Waals surface area (Å²) in [4.78, 5) is 33.8. The van der Waals surface area contributed by atoms with Gasteiger partial charge in [-0.15, -0.1) is 16.3 Å². The zero-order chi connectivity index (χ0) is 22.2. The highest BCUT2D eigenvalue weighted by Crippen LogP contribution is 2.39. The van der Waals surface area contributed by atoms with E-state index in [1.54, 1.807) is 16.9 Å². The predicted octanol–water partition coefficient (Wildman–Crippen LogP) is -0.164.